The van der Waals surface area contributed by atoms with Crippen molar-refractivity contribution in [1.82, 2.24) is 9.21 Å². The number of para-hydroxylation sites is 1. The van der Waals surface area contributed by atoms with Crippen LogP contribution in [0.15, 0.2) is 47.4 Å². The van der Waals surface area contributed by atoms with Gasteiger partial charge in [0.25, 0.3) is 11.8 Å². The van der Waals surface area contributed by atoms with Crippen LogP contribution in [0.25, 0.3) is 0 Å². The monoisotopic (exact) mass is 475 g/mol. The number of hydrogen-bond donors (Lipinski definition) is 1. The zero-order valence-electron chi connectivity index (χ0n) is 18.6. The molecule has 0 saturated carbocycles. The first-order valence-electron chi connectivity index (χ1n) is 10.7. The molecule has 2 aromatic rings. The molecule has 1 N–H and O–H groups in total. The molecule has 0 radical (unpaired) electrons. The first-order chi connectivity index (χ1) is 15.3. The highest BCUT2D eigenvalue weighted by molar-refractivity contribution is 7.99. The maximum atomic E-state index is 13.1. The zero-order chi connectivity index (χ0) is 23.3. The summed E-state index contributed by atoms with van der Waals surface area (Å²) >= 11 is 1.82. The highest BCUT2D eigenvalue weighted by Gasteiger charge is 2.24. The number of hydrogen-bond acceptors (Lipinski definition) is 5. The number of anilines is 1. The van der Waals surface area contributed by atoms with Gasteiger partial charge in [0, 0.05) is 43.2 Å². The second-order valence-electron chi connectivity index (χ2n) is 7.47. The molecule has 32 heavy (non-hydrogen) atoms. The molecule has 172 valence electrons. The van der Waals surface area contributed by atoms with Crippen LogP contribution in [0, 0.1) is 6.92 Å². The van der Waals surface area contributed by atoms with Gasteiger partial charge in [-0.2, -0.15) is 16.1 Å². The summed E-state index contributed by atoms with van der Waals surface area (Å²) in [5, 5.41) is 2.87. The van der Waals surface area contributed by atoms with Crippen molar-refractivity contribution in [3.8, 4) is 0 Å². The Labute approximate surface area is 194 Å². The van der Waals surface area contributed by atoms with Gasteiger partial charge in [-0.15, -0.1) is 0 Å². The van der Waals surface area contributed by atoms with Crippen LogP contribution < -0.4 is 5.32 Å². The van der Waals surface area contributed by atoms with Gasteiger partial charge >= 0.3 is 0 Å². The lowest BCUT2D eigenvalue weighted by Crippen LogP contribution is -2.38. The van der Waals surface area contributed by atoms with Crippen LogP contribution in [0.5, 0.6) is 0 Å². The van der Waals surface area contributed by atoms with Crippen LogP contribution in [0.2, 0.25) is 0 Å². The lowest BCUT2D eigenvalue weighted by atomic mass is 10.1. The Bertz CT molecular complexity index is 1070. The third kappa shape index (κ3) is 5.16. The minimum Gasteiger partial charge on any atom is -0.337 e. The van der Waals surface area contributed by atoms with Gasteiger partial charge in [0.2, 0.25) is 10.0 Å². The van der Waals surface area contributed by atoms with Gasteiger partial charge in [-0.3, -0.25) is 9.59 Å². The molecular weight excluding hydrogens is 446 g/mol. The maximum absolute atomic E-state index is 13.1. The summed E-state index contributed by atoms with van der Waals surface area (Å²) in [6.07, 6.45) is 0. The number of nitrogens with one attached hydrogen (secondary N) is 1. The molecule has 0 spiro atoms. The molecule has 0 bridgehead atoms. The van der Waals surface area contributed by atoms with Crippen molar-refractivity contribution in [3.63, 3.8) is 0 Å². The third-order valence-corrected chi connectivity index (χ3v) is 8.51. The molecule has 1 fully saturated rings. The average Bonchev–Trinajstić information content (AvgIpc) is 2.81. The zero-order valence-corrected chi connectivity index (χ0v) is 20.3. The summed E-state index contributed by atoms with van der Waals surface area (Å²) in [5.41, 5.74) is 2.06. The van der Waals surface area contributed by atoms with E-state index < -0.39 is 15.9 Å². The van der Waals surface area contributed by atoms with E-state index in [1.54, 1.807) is 19.9 Å². The van der Waals surface area contributed by atoms with E-state index in [0.29, 0.717) is 43.0 Å². The fourth-order valence-corrected chi connectivity index (χ4v) is 5.99. The van der Waals surface area contributed by atoms with Gasteiger partial charge in [0.05, 0.1) is 16.1 Å². The molecule has 0 atom stereocenters. The Kier molecular flexibility index (Phi) is 7.97. The largest absolute Gasteiger partial charge is 0.337 e. The summed E-state index contributed by atoms with van der Waals surface area (Å²) in [6.45, 7) is 7.54. The van der Waals surface area contributed by atoms with Gasteiger partial charge in [-0.05, 0) is 42.8 Å². The average molecular weight is 476 g/mol. The summed E-state index contributed by atoms with van der Waals surface area (Å²) in [6, 6.07) is 11.3. The van der Waals surface area contributed by atoms with E-state index in [2.05, 4.69) is 5.32 Å². The first-order valence-corrected chi connectivity index (χ1v) is 13.3. The molecule has 1 heterocycles. The number of rotatable bonds is 7. The molecule has 2 amide bonds. The van der Waals surface area contributed by atoms with E-state index in [4.69, 9.17) is 0 Å². The number of thioether (sulfide) groups is 1. The number of aryl methyl sites for hydroxylation is 1. The molecule has 0 aliphatic carbocycles. The number of sulfonamides is 1. The Hall–Kier alpha value is -2.36. The molecule has 9 heteroatoms. The minimum atomic E-state index is -3.59. The fourth-order valence-electron chi connectivity index (χ4n) is 3.63. The number of carbonyl (C=O) groups excluding carboxylic acids is 2. The van der Waals surface area contributed by atoms with Crippen LogP contribution in [0.3, 0.4) is 0 Å². The Balaban J connectivity index is 1.83. The lowest BCUT2D eigenvalue weighted by molar-refractivity contribution is 0.0773. The van der Waals surface area contributed by atoms with Crippen molar-refractivity contribution in [2.45, 2.75) is 25.7 Å². The number of amides is 2. The van der Waals surface area contributed by atoms with Crippen LogP contribution in [-0.2, 0) is 10.0 Å². The molecule has 1 aliphatic rings. The van der Waals surface area contributed by atoms with Crippen LogP contribution in [0.4, 0.5) is 5.69 Å². The van der Waals surface area contributed by atoms with E-state index in [9.17, 15) is 18.0 Å². The van der Waals surface area contributed by atoms with E-state index in [1.165, 1.54) is 28.6 Å². The predicted octanol–water partition coefficient (Wildman–Crippen LogP) is 3.47. The minimum absolute atomic E-state index is 0.0926. The Morgan fingerprint density at radius 2 is 1.66 bits per heavy atom. The standard InChI is InChI=1S/C23H29N3O4S2/c1-4-26(5-2)32(29,30)19-11-9-18(10-12-19)22(27)24-21-17(3)7-6-8-20(21)23(28)25-13-15-31-16-14-25/h6-12H,4-5,13-16H2,1-3H3,(H,24,27). The summed E-state index contributed by atoms with van der Waals surface area (Å²) in [4.78, 5) is 27.9. The van der Waals surface area contributed by atoms with Gasteiger partial charge < -0.3 is 10.2 Å². The third-order valence-electron chi connectivity index (χ3n) is 5.50. The molecule has 7 nitrogen and oxygen atoms in total. The molecule has 2 aromatic carbocycles. The van der Waals surface area contributed by atoms with Crippen molar-refractivity contribution in [3.05, 3.63) is 59.2 Å². The Morgan fingerprint density at radius 3 is 2.25 bits per heavy atom. The van der Waals surface area contributed by atoms with Crippen molar-refractivity contribution < 1.29 is 18.0 Å². The molecular formula is C23H29N3O4S2. The van der Waals surface area contributed by atoms with Gasteiger partial charge in [-0.25, -0.2) is 8.42 Å². The lowest BCUT2D eigenvalue weighted by Gasteiger charge is -2.27. The second-order valence-corrected chi connectivity index (χ2v) is 10.6. The topological polar surface area (TPSA) is 86.8 Å². The van der Waals surface area contributed by atoms with Crippen molar-refractivity contribution >= 4 is 39.3 Å². The number of benzene rings is 2. The van der Waals surface area contributed by atoms with Gasteiger partial charge in [0.15, 0.2) is 0 Å². The molecule has 1 aliphatic heterocycles. The van der Waals surface area contributed by atoms with E-state index in [0.717, 1.165) is 17.1 Å². The van der Waals surface area contributed by atoms with Crippen LogP contribution in [0.1, 0.15) is 40.1 Å². The van der Waals surface area contributed by atoms with Crippen LogP contribution in [-0.4, -0.2) is 67.1 Å². The summed E-state index contributed by atoms with van der Waals surface area (Å²) in [5.74, 6) is 1.32. The van der Waals surface area contributed by atoms with E-state index in [1.807, 2.05) is 35.7 Å². The quantitative estimate of drug-likeness (QED) is 0.663. The summed E-state index contributed by atoms with van der Waals surface area (Å²) in [7, 11) is -3.59. The molecule has 0 aromatic heterocycles. The number of nitrogens with zero attached hydrogens (tertiary/aromatic N) is 2. The highest BCUT2D eigenvalue weighted by Crippen LogP contribution is 2.25. The van der Waals surface area contributed by atoms with Crippen molar-refractivity contribution in [2.24, 2.45) is 0 Å². The highest BCUT2D eigenvalue weighted by atomic mass is 32.2. The fraction of sp³-hybridized carbons (Fsp3) is 0.391. The number of carbonyl (C=O) groups is 2. The van der Waals surface area contributed by atoms with Gasteiger partial charge in [-0.1, -0.05) is 26.0 Å². The maximum Gasteiger partial charge on any atom is 0.256 e. The van der Waals surface area contributed by atoms with Gasteiger partial charge in [0.1, 0.15) is 0 Å². The normalized spacial score (nSPS) is 14.4. The van der Waals surface area contributed by atoms with Crippen molar-refractivity contribution in [1.29, 1.82) is 0 Å². The Morgan fingerprint density at radius 1 is 1.03 bits per heavy atom. The summed E-state index contributed by atoms with van der Waals surface area (Å²) < 4.78 is 26.7. The molecule has 0 unspecified atom stereocenters. The van der Waals surface area contributed by atoms with Crippen molar-refractivity contribution in [2.75, 3.05) is 43.0 Å². The molecule has 1 saturated heterocycles. The second kappa shape index (κ2) is 10.5. The SMILES string of the molecule is CCN(CC)S(=O)(=O)c1ccc(C(=O)Nc2c(C)cccc2C(=O)N2CCSCC2)cc1. The molecule has 3 rings (SSSR count). The van der Waals surface area contributed by atoms with E-state index in [-0.39, 0.29) is 10.8 Å². The van der Waals surface area contributed by atoms with E-state index >= 15 is 0 Å². The predicted molar refractivity (Wildman–Crippen MR) is 129 cm³/mol. The first kappa shape index (κ1) is 24.3. The van der Waals surface area contributed by atoms with Crippen LogP contribution >= 0.6 is 11.8 Å². The smallest absolute Gasteiger partial charge is 0.256 e.